The van der Waals surface area contributed by atoms with Crippen LogP contribution >= 0.6 is 0 Å². The van der Waals surface area contributed by atoms with Crippen molar-refractivity contribution in [1.29, 1.82) is 0 Å². The minimum absolute atomic E-state index is 0.0706. The molecule has 0 unspecified atom stereocenters. The SMILES string of the molecule is CNCCN1CCC(OC2CC(NC(C)=O)C2)CC1. The van der Waals surface area contributed by atoms with Crippen LogP contribution in [0.4, 0.5) is 0 Å². The molecule has 1 amide bonds. The summed E-state index contributed by atoms with van der Waals surface area (Å²) in [5.74, 6) is 0.0706. The van der Waals surface area contributed by atoms with E-state index in [0.717, 1.165) is 51.9 Å². The van der Waals surface area contributed by atoms with Crippen molar-refractivity contribution in [3.8, 4) is 0 Å². The van der Waals surface area contributed by atoms with E-state index in [-0.39, 0.29) is 5.91 Å². The van der Waals surface area contributed by atoms with Crippen molar-refractivity contribution in [3.05, 3.63) is 0 Å². The molecule has 0 aromatic rings. The van der Waals surface area contributed by atoms with Gasteiger partial charge in [-0.05, 0) is 32.7 Å². The molecule has 0 bridgehead atoms. The first-order valence-corrected chi connectivity index (χ1v) is 7.47. The zero-order valence-corrected chi connectivity index (χ0v) is 12.2. The normalized spacial score (nSPS) is 28.9. The topological polar surface area (TPSA) is 53.6 Å². The molecule has 0 atom stereocenters. The monoisotopic (exact) mass is 269 g/mol. The first-order valence-electron chi connectivity index (χ1n) is 7.47. The molecule has 19 heavy (non-hydrogen) atoms. The number of nitrogens with one attached hydrogen (secondary N) is 2. The summed E-state index contributed by atoms with van der Waals surface area (Å²) in [6.07, 6.45) is 5.05. The van der Waals surface area contributed by atoms with E-state index in [1.807, 2.05) is 7.05 Å². The maximum absolute atomic E-state index is 10.9. The zero-order chi connectivity index (χ0) is 13.7. The number of likely N-dealkylation sites (N-methyl/N-ethyl adjacent to an activating group) is 1. The first-order chi connectivity index (χ1) is 9.17. The number of ether oxygens (including phenoxy) is 1. The van der Waals surface area contributed by atoms with Crippen molar-refractivity contribution in [2.45, 2.75) is 50.9 Å². The van der Waals surface area contributed by atoms with Gasteiger partial charge in [-0.15, -0.1) is 0 Å². The van der Waals surface area contributed by atoms with E-state index < -0.39 is 0 Å². The van der Waals surface area contributed by atoms with Crippen molar-refractivity contribution < 1.29 is 9.53 Å². The van der Waals surface area contributed by atoms with E-state index in [1.165, 1.54) is 0 Å². The molecule has 0 aromatic carbocycles. The Morgan fingerprint density at radius 2 is 1.95 bits per heavy atom. The fraction of sp³-hybridized carbons (Fsp3) is 0.929. The minimum Gasteiger partial charge on any atom is -0.375 e. The lowest BCUT2D eigenvalue weighted by Crippen LogP contribution is -2.49. The summed E-state index contributed by atoms with van der Waals surface area (Å²) < 4.78 is 6.10. The lowest BCUT2D eigenvalue weighted by molar-refractivity contribution is -0.123. The smallest absolute Gasteiger partial charge is 0.217 e. The summed E-state index contributed by atoms with van der Waals surface area (Å²) >= 11 is 0. The summed E-state index contributed by atoms with van der Waals surface area (Å²) in [7, 11) is 2.00. The number of carbonyl (C=O) groups excluding carboxylic acids is 1. The predicted octanol–water partition coefficient (Wildman–Crippen LogP) is 0.354. The molecule has 1 aliphatic heterocycles. The standard InChI is InChI=1S/C14H27N3O2/c1-11(18)16-12-9-14(10-12)19-13-3-6-17(7-4-13)8-5-15-2/h12-15H,3-10H2,1-2H3,(H,16,18). The van der Waals surface area contributed by atoms with Crippen molar-refractivity contribution >= 4 is 5.91 Å². The Morgan fingerprint density at radius 1 is 1.26 bits per heavy atom. The first kappa shape index (κ1) is 14.8. The fourth-order valence-corrected chi connectivity index (χ4v) is 2.89. The van der Waals surface area contributed by atoms with E-state index in [2.05, 4.69) is 15.5 Å². The summed E-state index contributed by atoms with van der Waals surface area (Å²) in [4.78, 5) is 13.4. The third kappa shape index (κ3) is 4.75. The average molecular weight is 269 g/mol. The van der Waals surface area contributed by atoms with Gasteiger partial charge in [-0.1, -0.05) is 0 Å². The Labute approximate surface area is 116 Å². The molecule has 110 valence electrons. The highest BCUT2D eigenvalue weighted by atomic mass is 16.5. The highest BCUT2D eigenvalue weighted by Gasteiger charge is 2.33. The molecular weight excluding hydrogens is 242 g/mol. The molecule has 0 spiro atoms. The van der Waals surface area contributed by atoms with E-state index in [1.54, 1.807) is 6.92 Å². The van der Waals surface area contributed by atoms with Crippen LogP contribution in [0.2, 0.25) is 0 Å². The molecule has 2 fully saturated rings. The Balaban J connectivity index is 1.56. The van der Waals surface area contributed by atoms with Crippen molar-refractivity contribution in [2.75, 3.05) is 33.2 Å². The van der Waals surface area contributed by atoms with E-state index in [9.17, 15) is 4.79 Å². The van der Waals surface area contributed by atoms with Crippen LogP contribution in [0, 0.1) is 0 Å². The average Bonchev–Trinajstić information content (AvgIpc) is 2.35. The number of carbonyl (C=O) groups is 1. The largest absolute Gasteiger partial charge is 0.375 e. The lowest BCUT2D eigenvalue weighted by Gasteiger charge is -2.40. The molecule has 1 saturated carbocycles. The van der Waals surface area contributed by atoms with Gasteiger partial charge in [0.2, 0.25) is 5.91 Å². The number of hydrogen-bond acceptors (Lipinski definition) is 4. The van der Waals surface area contributed by atoms with Crippen LogP contribution in [0.5, 0.6) is 0 Å². The number of rotatable bonds is 6. The van der Waals surface area contributed by atoms with Gasteiger partial charge in [0.05, 0.1) is 12.2 Å². The maximum atomic E-state index is 10.9. The van der Waals surface area contributed by atoms with Gasteiger partial charge in [0, 0.05) is 39.1 Å². The van der Waals surface area contributed by atoms with Crippen LogP contribution in [0.15, 0.2) is 0 Å². The van der Waals surface area contributed by atoms with Crippen LogP contribution in [0.25, 0.3) is 0 Å². The predicted molar refractivity (Wildman–Crippen MR) is 75.1 cm³/mol. The second-order valence-electron chi connectivity index (χ2n) is 5.77. The quantitative estimate of drug-likeness (QED) is 0.731. The molecule has 2 rings (SSSR count). The van der Waals surface area contributed by atoms with Crippen LogP contribution in [-0.2, 0) is 9.53 Å². The zero-order valence-electron chi connectivity index (χ0n) is 12.2. The maximum Gasteiger partial charge on any atom is 0.217 e. The summed E-state index contributed by atoms with van der Waals surface area (Å²) in [6.45, 7) is 6.07. The third-order valence-electron chi connectivity index (χ3n) is 4.10. The van der Waals surface area contributed by atoms with Gasteiger partial charge >= 0.3 is 0 Å². The van der Waals surface area contributed by atoms with Crippen LogP contribution in [-0.4, -0.2) is 62.3 Å². The number of likely N-dealkylation sites (tertiary alicyclic amines) is 1. The van der Waals surface area contributed by atoms with Crippen molar-refractivity contribution in [2.24, 2.45) is 0 Å². The molecule has 2 N–H and O–H groups in total. The van der Waals surface area contributed by atoms with E-state index in [0.29, 0.717) is 18.2 Å². The molecule has 1 saturated heterocycles. The van der Waals surface area contributed by atoms with Gasteiger partial charge in [0.1, 0.15) is 0 Å². The van der Waals surface area contributed by atoms with Crippen LogP contribution < -0.4 is 10.6 Å². The summed E-state index contributed by atoms with van der Waals surface area (Å²) in [6, 6.07) is 0.346. The second-order valence-corrected chi connectivity index (χ2v) is 5.77. The van der Waals surface area contributed by atoms with Gasteiger partial charge in [0.15, 0.2) is 0 Å². The Morgan fingerprint density at radius 3 is 2.53 bits per heavy atom. The van der Waals surface area contributed by atoms with Crippen LogP contribution in [0.3, 0.4) is 0 Å². The Hall–Kier alpha value is -0.650. The number of amides is 1. The molecule has 1 aliphatic carbocycles. The second kappa shape index (κ2) is 7.22. The van der Waals surface area contributed by atoms with Gasteiger partial charge in [-0.2, -0.15) is 0 Å². The van der Waals surface area contributed by atoms with Crippen molar-refractivity contribution in [3.63, 3.8) is 0 Å². The van der Waals surface area contributed by atoms with Crippen LogP contribution in [0.1, 0.15) is 32.6 Å². The number of hydrogen-bond donors (Lipinski definition) is 2. The molecule has 0 aromatic heterocycles. The van der Waals surface area contributed by atoms with Gasteiger partial charge in [-0.25, -0.2) is 0 Å². The van der Waals surface area contributed by atoms with Gasteiger partial charge < -0.3 is 20.3 Å². The Kier molecular flexibility index (Phi) is 5.60. The molecule has 2 aliphatic rings. The van der Waals surface area contributed by atoms with Gasteiger partial charge in [-0.3, -0.25) is 4.79 Å². The fourth-order valence-electron chi connectivity index (χ4n) is 2.89. The van der Waals surface area contributed by atoms with E-state index in [4.69, 9.17) is 4.74 Å². The minimum atomic E-state index is 0.0706. The lowest BCUT2D eigenvalue weighted by atomic mass is 9.88. The molecule has 0 radical (unpaired) electrons. The third-order valence-corrected chi connectivity index (χ3v) is 4.10. The summed E-state index contributed by atoms with van der Waals surface area (Å²) in [5.41, 5.74) is 0. The molecule has 1 heterocycles. The highest BCUT2D eigenvalue weighted by Crippen LogP contribution is 2.27. The highest BCUT2D eigenvalue weighted by molar-refractivity contribution is 5.73. The molecule has 5 heteroatoms. The van der Waals surface area contributed by atoms with Crippen molar-refractivity contribution in [1.82, 2.24) is 15.5 Å². The molecular formula is C14H27N3O2. The molecule has 5 nitrogen and oxygen atoms in total. The Bertz CT molecular complexity index is 284. The van der Waals surface area contributed by atoms with E-state index >= 15 is 0 Å². The summed E-state index contributed by atoms with van der Waals surface area (Å²) in [5, 5.41) is 6.13. The van der Waals surface area contributed by atoms with Gasteiger partial charge in [0.25, 0.3) is 0 Å². The number of piperidine rings is 1. The number of nitrogens with zero attached hydrogens (tertiary/aromatic N) is 1.